The van der Waals surface area contributed by atoms with Crippen LogP contribution in [-0.4, -0.2) is 8.07 Å². The summed E-state index contributed by atoms with van der Waals surface area (Å²) in [6, 6.07) is 0. The molecular formula is C23H38Si. The van der Waals surface area contributed by atoms with Gasteiger partial charge >= 0.3 is 0 Å². The number of allylic oxidation sites excluding steroid dienone is 6. The van der Waals surface area contributed by atoms with Gasteiger partial charge in [-0.1, -0.05) is 61.7 Å². The van der Waals surface area contributed by atoms with E-state index in [-0.39, 0.29) is 0 Å². The van der Waals surface area contributed by atoms with Crippen molar-refractivity contribution in [3.63, 3.8) is 0 Å². The minimum atomic E-state index is -1.48. The molecule has 3 atom stereocenters. The van der Waals surface area contributed by atoms with Crippen molar-refractivity contribution in [1.82, 2.24) is 0 Å². The van der Waals surface area contributed by atoms with E-state index in [2.05, 4.69) is 53.8 Å². The molecule has 1 heteroatoms. The smallest absolute Gasteiger partial charge is 0.0854 e. The lowest BCUT2D eigenvalue weighted by Crippen LogP contribution is -2.40. The quantitative estimate of drug-likeness (QED) is 0.465. The van der Waals surface area contributed by atoms with Gasteiger partial charge in [0, 0.05) is 5.54 Å². The van der Waals surface area contributed by atoms with Gasteiger partial charge in [-0.25, -0.2) is 0 Å². The summed E-state index contributed by atoms with van der Waals surface area (Å²) in [5.41, 5.74) is 7.30. The molecule has 0 aromatic rings. The van der Waals surface area contributed by atoms with Gasteiger partial charge in [0.1, 0.15) is 0 Å². The van der Waals surface area contributed by atoms with E-state index in [1.807, 2.05) is 5.20 Å². The monoisotopic (exact) mass is 342 g/mol. The van der Waals surface area contributed by atoms with Crippen LogP contribution in [0.1, 0.15) is 73.1 Å². The first-order valence-electron chi connectivity index (χ1n) is 10.4. The summed E-state index contributed by atoms with van der Waals surface area (Å²) in [4.78, 5) is 0. The van der Waals surface area contributed by atoms with Crippen molar-refractivity contribution in [2.45, 2.75) is 91.8 Å². The zero-order valence-electron chi connectivity index (χ0n) is 17.1. The number of fused-ring (bicyclic) bond motifs is 1. The summed E-state index contributed by atoms with van der Waals surface area (Å²) in [5.74, 6) is 2.80. The summed E-state index contributed by atoms with van der Waals surface area (Å²) in [6.07, 6.45) is 11.5. The molecule has 0 aromatic carbocycles. The van der Waals surface area contributed by atoms with Crippen LogP contribution in [-0.2, 0) is 0 Å². The minimum Gasteiger partial charge on any atom is -0.0854 e. The molecule has 0 spiro atoms. The summed E-state index contributed by atoms with van der Waals surface area (Å²) >= 11 is 0. The Labute approximate surface area is 151 Å². The van der Waals surface area contributed by atoms with Crippen molar-refractivity contribution < 1.29 is 0 Å². The molecule has 0 saturated heterocycles. The molecule has 134 valence electrons. The van der Waals surface area contributed by atoms with Gasteiger partial charge in [0.15, 0.2) is 0 Å². The zero-order chi connectivity index (χ0) is 17.6. The van der Waals surface area contributed by atoms with Crippen molar-refractivity contribution in [2.24, 2.45) is 17.8 Å². The number of hydrogen-bond acceptors (Lipinski definition) is 0. The first-order valence-corrected chi connectivity index (χ1v) is 13.5. The molecule has 0 bridgehead atoms. The molecule has 0 heterocycles. The standard InChI is InChI=1S/C23H38Si/c1-8-11-19-14-22(21-13-10-9-12-20(19)21)24(6,7)23-17(4)15(2)16(3)18(23)5/h14,19-21,23H,8-13H2,1-7H3. The predicted octanol–water partition coefficient (Wildman–Crippen LogP) is 7.45. The van der Waals surface area contributed by atoms with Gasteiger partial charge in [0.2, 0.25) is 0 Å². The highest BCUT2D eigenvalue weighted by Gasteiger charge is 2.48. The fraction of sp³-hybridized carbons (Fsp3) is 0.739. The lowest BCUT2D eigenvalue weighted by Gasteiger charge is -2.40. The Balaban J connectivity index is 1.98. The van der Waals surface area contributed by atoms with Crippen molar-refractivity contribution in [3.05, 3.63) is 33.6 Å². The molecule has 0 aliphatic heterocycles. The van der Waals surface area contributed by atoms with Crippen LogP contribution in [0.5, 0.6) is 0 Å². The second kappa shape index (κ2) is 6.63. The fourth-order valence-electron chi connectivity index (χ4n) is 6.46. The molecule has 0 N–H and O–H groups in total. The molecular weight excluding hydrogens is 304 g/mol. The van der Waals surface area contributed by atoms with Gasteiger partial charge in [0.05, 0.1) is 8.07 Å². The molecule has 1 fully saturated rings. The first-order chi connectivity index (χ1) is 11.3. The van der Waals surface area contributed by atoms with Crippen molar-refractivity contribution in [1.29, 1.82) is 0 Å². The van der Waals surface area contributed by atoms with E-state index in [0.717, 1.165) is 23.3 Å². The van der Waals surface area contributed by atoms with Crippen molar-refractivity contribution >= 4 is 8.07 Å². The lowest BCUT2D eigenvalue weighted by atomic mass is 9.76. The van der Waals surface area contributed by atoms with Crippen LogP contribution >= 0.6 is 0 Å². The third-order valence-corrected chi connectivity index (χ3v) is 12.2. The second-order valence-corrected chi connectivity index (χ2v) is 14.0. The maximum absolute atomic E-state index is 2.82. The summed E-state index contributed by atoms with van der Waals surface area (Å²) in [5, 5.41) is 1.96. The van der Waals surface area contributed by atoms with E-state index in [9.17, 15) is 0 Å². The Morgan fingerprint density at radius 3 is 2.12 bits per heavy atom. The molecule has 24 heavy (non-hydrogen) atoms. The van der Waals surface area contributed by atoms with Gasteiger partial charge in [-0.15, -0.1) is 0 Å². The molecule has 0 amide bonds. The number of rotatable bonds is 4. The van der Waals surface area contributed by atoms with Crippen LogP contribution in [0, 0.1) is 17.8 Å². The second-order valence-electron chi connectivity index (χ2n) is 9.40. The van der Waals surface area contributed by atoms with Crippen LogP contribution in [0.3, 0.4) is 0 Å². The summed E-state index contributed by atoms with van der Waals surface area (Å²) < 4.78 is 0. The SMILES string of the molecule is CCCC1C=C([Si](C)(C)C2C(C)=C(C)C(C)=C2C)C2CCCCC12. The van der Waals surface area contributed by atoms with Crippen LogP contribution in [0.2, 0.25) is 18.6 Å². The molecule has 0 nitrogen and oxygen atoms in total. The Morgan fingerprint density at radius 2 is 1.54 bits per heavy atom. The summed E-state index contributed by atoms with van der Waals surface area (Å²) in [6.45, 7) is 17.3. The van der Waals surface area contributed by atoms with Gasteiger partial charge in [-0.05, 0) is 75.9 Å². The average Bonchev–Trinajstić information content (AvgIpc) is 3.01. The van der Waals surface area contributed by atoms with Gasteiger partial charge in [0.25, 0.3) is 0 Å². The minimum absolute atomic E-state index is 0.756. The van der Waals surface area contributed by atoms with Crippen molar-refractivity contribution in [2.75, 3.05) is 0 Å². The summed E-state index contributed by atoms with van der Waals surface area (Å²) in [7, 11) is -1.48. The normalized spacial score (nSPS) is 31.8. The third-order valence-electron chi connectivity index (χ3n) is 7.86. The van der Waals surface area contributed by atoms with E-state index >= 15 is 0 Å². The van der Waals surface area contributed by atoms with Crippen LogP contribution in [0.25, 0.3) is 0 Å². The molecule has 3 unspecified atom stereocenters. The fourth-order valence-corrected chi connectivity index (χ4v) is 11.3. The number of hydrogen-bond donors (Lipinski definition) is 0. The molecule has 3 rings (SSSR count). The van der Waals surface area contributed by atoms with E-state index in [1.165, 1.54) is 38.5 Å². The van der Waals surface area contributed by atoms with E-state index in [1.54, 1.807) is 22.3 Å². The van der Waals surface area contributed by atoms with Crippen molar-refractivity contribution in [3.8, 4) is 0 Å². The Hall–Kier alpha value is -0.563. The molecule has 3 aliphatic rings. The first kappa shape index (κ1) is 18.2. The molecule has 3 aliphatic carbocycles. The predicted molar refractivity (Wildman–Crippen MR) is 110 cm³/mol. The topological polar surface area (TPSA) is 0 Å². The lowest BCUT2D eigenvalue weighted by molar-refractivity contribution is 0.235. The van der Waals surface area contributed by atoms with E-state index < -0.39 is 8.07 Å². The van der Waals surface area contributed by atoms with Crippen LogP contribution in [0.15, 0.2) is 33.6 Å². The third kappa shape index (κ3) is 2.71. The van der Waals surface area contributed by atoms with Gasteiger partial charge < -0.3 is 0 Å². The molecule has 0 radical (unpaired) electrons. The highest BCUT2D eigenvalue weighted by Crippen LogP contribution is 2.56. The Morgan fingerprint density at radius 1 is 0.958 bits per heavy atom. The van der Waals surface area contributed by atoms with E-state index in [4.69, 9.17) is 0 Å². The maximum Gasteiger partial charge on any atom is 0.0867 e. The Bertz CT molecular complexity index is 578. The zero-order valence-corrected chi connectivity index (χ0v) is 18.1. The maximum atomic E-state index is 2.82. The highest BCUT2D eigenvalue weighted by molar-refractivity contribution is 6.87. The largest absolute Gasteiger partial charge is 0.0867 e. The molecule has 0 aromatic heterocycles. The van der Waals surface area contributed by atoms with Crippen LogP contribution in [0.4, 0.5) is 0 Å². The van der Waals surface area contributed by atoms with Crippen LogP contribution < -0.4 is 0 Å². The highest BCUT2D eigenvalue weighted by atomic mass is 28.3. The average molecular weight is 343 g/mol. The Kier molecular flexibility index (Phi) is 5.04. The van der Waals surface area contributed by atoms with E-state index in [0.29, 0.717) is 0 Å². The van der Waals surface area contributed by atoms with Gasteiger partial charge in [-0.3, -0.25) is 0 Å². The van der Waals surface area contributed by atoms with Gasteiger partial charge in [-0.2, -0.15) is 0 Å². The molecule has 1 saturated carbocycles.